The van der Waals surface area contributed by atoms with Gasteiger partial charge in [0.1, 0.15) is 0 Å². The Morgan fingerprint density at radius 1 is 1.05 bits per heavy atom. The standard InChI is InChI=1S/C16H28N4/c1-7-20(15-11-9-8-10-14(15)2)13-12-17-16(18(3)4)19(5)6/h8-11H,7,12-13H2,1-6H3. The second-order valence-electron chi connectivity index (χ2n) is 5.34. The Balaban J connectivity index is 2.71. The molecule has 0 aliphatic carbocycles. The van der Waals surface area contributed by atoms with Gasteiger partial charge in [-0.1, -0.05) is 18.2 Å². The van der Waals surface area contributed by atoms with Crippen LogP contribution in [0.5, 0.6) is 0 Å². The predicted octanol–water partition coefficient (Wildman–Crippen LogP) is 2.30. The van der Waals surface area contributed by atoms with Crippen LogP contribution in [0, 0.1) is 6.92 Å². The number of guanidine groups is 1. The van der Waals surface area contributed by atoms with Crippen LogP contribution in [0.2, 0.25) is 0 Å². The van der Waals surface area contributed by atoms with E-state index in [1.807, 2.05) is 38.0 Å². The van der Waals surface area contributed by atoms with Crippen molar-refractivity contribution in [3.05, 3.63) is 29.8 Å². The molecule has 0 radical (unpaired) electrons. The number of para-hydroxylation sites is 1. The van der Waals surface area contributed by atoms with Crippen molar-refractivity contribution < 1.29 is 0 Å². The summed E-state index contributed by atoms with van der Waals surface area (Å²) >= 11 is 0. The lowest BCUT2D eigenvalue weighted by molar-refractivity contribution is 0.479. The number of nitrogens with zero attached hydrogens (tertiary/aromatic N) is 4. The molecule has 1 rings (SSSR count). The molecule has 0 heterocycles. The Hall–Kier alpha value is -1.71. The Morgan fingerprint density at radius 2 is 1.65 bits per heavy atom. The minimum absolute atomic E-state index is 0.799. The molecule has 0 bridgehead atoms. The maximum atomic E-state index is 4.69. The fraction of sp³-hybridized carbons (Fsp3) is 0.562. The van der Waals surface area contributed by atoms with Gasteiger partial charge in [0, 0.05) is 47.0 Å². The minimum Gasteiger partial charge on any atom is -0.370 e. The molecule has 0 spiro atoms. The molecule has 0 aliphatic heterocycles. The molecule has 0 aliphatic rings. The first-order chi connectivity index (χ1) is 9.47. The monoisotopic (exact) mass is 276 g/mol. The van der Waals surface area contributed by atoms with E-state index in [2.05, 4.69) is 43.0 Å². The van der Waals surface area contributed by atoms with Crippen LogP contribution in [0.4, 0.5) is 5.69 Å². The third-order valence-electron chi connectivity index (χ3n) is 3.26. The van der Waals surface area contributed by atoms with E-state index in [0.29, 0.717) is 0 Å². The molecule has 0 atom stereocenters. The van der Waals surface area contributed by atoms with Crippen LogP contribution < -0.4 is 4.90 Å². The lowest BCUT2D eigenvalue weighted by Gasteiger charge is -2.26. The molecule has 0 fully saturated rings. The van der Waals surface area contributed by atoms with E-state index < -0.39 is 0 Å². The van der Waals surface area contributed by atoms with Crippen molar-refractivity contribution in [2.75, 3.05) is 52.7 Å². The molecule has 4 heteroatoms. The number of benzene rings is 1. The van der Waals surface area contributed by atoms with E-state index in [9.17, 15) is 0 Å². The topological polar surface area (TPSA) is 22.1 Å². The van der Waals surface area contributed by atoms with Crippen molar-refractivity contribution in [2.24, 2.45) is 4.99 Å². The molecule has 1 aromatic carbocycles. The molecule has 0 unspecified atom stereocenters. The number of rotatable bonds is 5. The minimum atomic E-state index is 0.799. The number of aryl methyl sites for hydroxylation is 1. The third kappa shape index (κ3) is 4.44. The van der Waals surface area contributed by atoms with Crippen molar-refractivity contribution >= 4 is 11.6 Å². The number of hydrogen-bond acceptors (Lipinski definition) is 2. The Morgan fingerprint density at radius 3 is 2.15 bits per heavy atom. The fourth-order valence-corrected chi connectivity index (χ4v) is 2.32. The van der Waals surface area contributed by atoms with Crippen molar-refractivity contribution in [2.45, 2.75) is 13.8 Å². The fourth-order valence-electron chi connectivity index (χ4n) is 2.32. The average molecular weight is 276 g/mol. The van der Waals surface area contributed by atoms with Crippen LogP contribution in [0.25, 0.3) is 0 Å². The van der Waals surface area contributed by atoms with Gasteiger partial charge in [0.15, 0.2) is 5.96 Å². The molecular formula is C16H28N4. The normalized spacial score (nSPS) is 10.1. The van der Waals surface area contributed by atoms with Gasteiger partial charge in [-0.25, -0.2) is 0 Å². The largest absolute Gasteiger partial charge is 0.370 e. The lowest BCUT2D eigenvalue weighted by Crippen LogP contribution is -2.36. The van der Waals surface area contributed by atoms with Crippen LogP contribution in [0.3, 0.4) is 0 Å². The zero-order valence-electron chi connectivity index (χ0n) is 13.7. The molecule has 4 nitrogen and oxygen atoms in total. The maximum Gasteiger partial charge on any atom is 0.195 e. The molecule has 112 valence electrons. The molecule has 0 N–H and O–H groups in total. The molecule has 0 saturated heterocycles. The third-order valence-corrected chi connectivity index (χ3v) is 3.26. The van der Waals surface area contributed by atoms with Gasteiger partial charge >= 0.3 is 0 Å². The lowest BCUT2D eigenvalue weighted by atomic mass is 10.2. The highest BCUT2D eigenvalue weighted by Crippen LogP contribution is 2.18. The van der Waals surface area contributed by atoms with E-state index in [4.69, 9.17) is 4.99 Å². The van der Waals surface area contributed by atoms with E-state index in [0.717, 1.165) is 25.6 Å². The molecule has 0 saturated carbocycles. The summed E-state index contributed by atoms with van der Waals surface area (Å²) in [6, 6.07) is 8.52. The van der Waals surface area contributed by atoms with Crippen molar-refractivity contribution in [1.82, 2.24) is 9.80 Å². The molecule has 0 aromatic heterocycles. The zero-order chi connectivity index (χ0) is 15.1. The van der Waals surface area contributed by atoms with E-state index in [1.54, 1.807) is 0 Å². The summed E-state index contributed by atoms with van der Waals surface area (Å²) in [6.07, 6.45) is 0. The van der Waals surface area contributed by atoms with E-state index in [-0.39, 0.29) is 0 Å². The summed E-state index contributed by atoms with van der Waals surface area (Å²) in [5.74, 6) is 1.01. The van der Waals surface area contributed by atoms with E-state index >= 15 is 0 Å². The smallest absolute Gasteiger partial charge is 0.195 e. The van der Waals surface area contributed by atoms with Crippen molar-refractivity contribution in [1.29, 1.82) is 0 Å². The summed E-state index contributed by atoms with van der Waals surface area (Å²) in [6.45, 7) is 7.08. The van der Waals surface area contributed by atoms with Gasteiger partial charge in [0.25, 0.3) is 0 Å². The SMILES string of the molecule is CCN(CCN=C(N(C)C)N(C)C)c1ccccc1C. The van der Waals surface area contributed by atoms with Crippen LogP contribution >= 0.6 is 0 Å². The molecule has 1 aromatic rings. The van der Waals surface area contributed by atoms with Gasteiger partial charge in [0.05, 0.1) is 6.54 Å². The van der Waals surface area contributed by atoms with Gasteiger partial charge in [-0.2, -0.15) is 0 Å². The summed E-state index contributed by atoms with van der Waals surface area (Å²) in [7, 11) is 8.10. The quantitative estimate of drug-likeness (QED) is 0.608. The van der Waals surface area contributed by atoms with Crippen LogP contribution in [0.1, 0.15) is 12.5 Å². The Labute approximate surface area is 123 Å². The summed E-state index contributed by atoms with van der Waals surface area (Å²) in [4.78, 5) is 11.2. The van der Waals surface area contributed by atoms with Crippen molar-refractivity contribution in [3.63, 3.8) is 0 Å². The summed E-state index contributed by atoms with van der Waals surface area (Å²) in [5.41, 5.74) is 2.63. The molecular weight excluding hydrogens is 248 g/mol. The van der Waals surface area contributed by atoms with Crippen LogP contribution in [-0.4, -0.2) is 63.6 Å². The van der Waals surface area contributed by atoms with E-state index in [1.165, 1.54) is 11.3 Å². The average Bonchev–Trinajstić information content (AvgIpc) is 2.39. The highest BCUT2D eigenvalue weighted by atomic mass is 15.3. The van der Waals surface area contributed by atoms with Gasteiger partial charge < -0.3 is 14.7 Å². The predicted molar refractivity (Wildman–Crippen MR) is 88.7 cm³/mol. The Bertz CT molecular complexity index is 428. The number of likely N-dealkylation sites (N-methyl/N-ethyl adjacent to an activating group) is 1. The van der Waals surface area contributed by atoms with Gasteiger partial charge in [-0.15, -0.1) is 0 Å². The van der Waals surface area contributed by atoms with Gasteiger partial charge in [0.2, 0.25) is 0 Å². The molecule has 20 heavy (non-hydrogen) atoms. The summed E-state index contributed by atoms with van der Waals surface area (Å²) < 4.78 is 0. The highest BCUT2D eigenvalue weighted by Gasteiger charge is 2.07. The number of aliphatic imine (C=N–C) groups is 1. The van der Waals surface area contributed by atoms with Gasteiger partial charge in [-0.3, -0.25) is 4.99 Å². The maximum absolute atomic E-state index is 4.69. The zero-order valence-corrected chi connectivity index (χ0v) is 13.7. The second kappa shape index (κ2) is 7.78. The van der Waals surface area contributed by atoms with Gasteiger partial charge in [-0.05, 0) is 25.5 Å². The highest BCUT2D eigenvalue weighted by molar-refractivity contribution is 5.79. The first kappa shape index (κ1) is 16.3. The van der Waals surface area contributed by atoms with Crippen LogP contribution in [-0.2, 0) is 0 Å². The first-order valence-electron chi connectivity index (χ1n) is 7.17. The first-order valence-corrected chi connectivity index (χ1v) is 7.17. The number of anilines is 1. The Kier molecular flexibility index (Phi) is 6.36. The summed E-state index contributed by atoms with van der Waals surface area (Å²) in [5, 5.41) is 0. The van der Waals surface area contributed by atoms with Crippen molar-refractivity contribution in [3.8, 4) is 0 Å². The van der Waals surface area contributed by atoms with Crippen LogP contribution in [0.15, 0.2) is 29.3 Å². The molecule has 0 amide bonds. The second-order valence-corrected chi connectivity index (χ2v) is 5.34. The number of hydrogen-bond donors (Lipinski definition) is 0.